The fourth-order valence-corrected chi connectivity index (χ4v) is 1.14. The summed E-state index contributed by atoms with van der Waals surface area (Å²) in [7, 11) is 0. The molecule has 0 amide bonds. The van der Waals surface area contributed by atoms with Crippen molar-refractivity contribution >= 4 is 36.2 Å². The normalized spacial score (nSPS) is 9.06. The van der Waals surface area contributed by atoms with Crippen LogP contribution in [0.2, 0.25) is 0 Å². The van der Waals surface area contributed by atoms with Crippen molar-refractivity contribution in [2.75, 3.05) is 31.3 Å². The number of halogens is 2. The van der Waals surface area contributed by atoms with Crippen LogP contribution in [0.1, 0.15) is 5.56 Å². The second-order valence-corrected chi connectivity index (χ2v) is 3.05. The molecule has 0 heterocycles. The number of aliphatic hydroxyl groups excluding tert-OH is 1. The Labute approximate surface area is 108 Å². The summed E-state index contributed by atoms with van der Waals surface area (Å²) in [5.74, 6) is 0. The van der Waals surface area contributed by atoms with Gasteiger partial charge in [0.2, 0.25) is 0 Å². The summed E-state index contributed by atoms with van der Waals surface area (Å²) in [6.45, 7) is 1.03. The molecule has 5 N–H and O–H groups in total. The Bertz CT molecular complexity index is 298. The van der Waals surface area contributed by atoms with E-state index in [0.29, 0.717) is 24.6 Å². The molecule has 0 saturated heterocycles. The lowest BCUT2D eigenvalue weighted by atomic mass is 10.1. The van der Waals surface area contributed by atoms with Crippen molar-refractivity contribution in [1.82, 2.24) is 0 Å². The summed E-state index contributed by atoms with van der Waals surface area (Å²) < 4.78 is 5.13. The van der Waals surface area contributed by atoms with Gasteiger partial charge >= 0.3 is 0 Å². The standard InChI is InChI=1S/C10H16N2O2.2ClH/c11-9-2-1-8(7-10(9)12)3-5-14-6-4-13;;/h1-2,7,13H,3-6,11-12H2;2*1H. The lowest BCUT2D eigenvalue weighted by Gasteiger charge is -2.05. The van der Waals surface area contributed by atoms with Gasteiger partial charge < -0.3 is 21.3 Å². The van der Waals surface area contributed by atoms with Gasteiger partial charge in [0.25, 0.3) is 0 Å². The van der Waals surface area contributed by atoms with E-state index in [2.05, 4.69) is 0 Å². The van der Waals surface area contributed by atoms with E-state index in [1.165, 1.54) is 0 Å². The second-order valence-electron chi connectivity index (χ2n) is 3.05. The first-order valence-corrected chi connectivity index (χ1v) is 4.56. The monoisotopic (exact) mass is 268 g/mol. The Morgan fingerprint density at radius 3 is 2.31 bits per heavy atom. The first kappa shape index (κ1) is 17.7. The molecule has 0 aromatic heterocycles. The summed E-state index contributed by atoms with van der Waals surface area (Å²) in [6.07, 6.45) is 0.782. The van der Waals surface area contributed by atoms with Gasteiger partial charge in [-0.25, -0.2) is 0 Å². The molecule has 0 aliphatic heterocycles. The number of benzene rings is 1. The smallest absolute Gasteiger partial charge is 0.0697 e. The summed E-state index contributed by atoms with van der Waals surface area (Å²) in [6, 6.07) is 5.56. The lowest BCUT2D eigenvalue weighted by Crippen LogP contribution is -2.04. The van der Waals surface area contributed by atoms with E-state index < -0.39 is 0 Å². The van der Waals surface area contributed by atoms with Crippen molar-refractivity contribution in [2.24, 2.45) is 0 Å². The van der Waals surface area contributed by atoms with Gasteiger partial charge in [-0.05, 0) is 24.1 Å². The molecule has 4 nitrogen and oxygen atoms in total. The number of nitrogens with two attached hydrogens (primary N) is 2. The molecule has 94 valence electrons. The molecule has 1 aromatic rings. The molecule has 1 aromatic carbocycles. The van der Waals surface area contributed by atoms with Crippen molar-refractivity contribution in [3.05, 3.63) is 23.8 Å². The number of hydrogen-bond donors (Lipinski definition) is 3. The Kier molecular flexibility index (Phi) is 10.6. The van der Waals surface area contributed by atoms with Crippen molar-refractivity contribution < 1.29 is 9.84 Å². The quantitative estimate of drug-likeness (QED) is 0.555. The van der Waals surface area contributed by atoms with Crippen LogP contribution in [0.25, 0.3) is 0 Å². The molecule has 0 spiro atoms. The Morgan fingerprint density at radius 1 is 1.06 bits per heavy atom. The molecule has 0 radical (unpaired) electrons. The molecule has 6 heteroatoms. The van der Waals surface area contributed by atoms with Crippen molar-refractivity contribution in [2.45, 2.75) is 6.42 Å². The maximum absolute atomic E-state index is 8.48. The molecule has 0 fully saturated rings. The van der Waals surface area contributed by atoms with E-state index in [1.807, 2.05) is 12.1 Å². The number of rotatable bonds is 5. The van der Waals surface area contributed by atoms with E-state index in [-0.39, 0.29) is 31.4 Å². The Balaban J connectivity index is 0. The van der Waals surface area contributed by atoms with Gasteiger partial charge in [0.05, 0.1) is 31.2 Å². The summed E-state index contributed by atoms with van der Waals surface area (Å²) >= 11 is 0. The fourth-order valence-electron chi connectivity index (χ4n) is 1.14. The third kappa shape index (κ3) is 6.02. The van der Waals surface area contributed by atoms with Crippen LogP contribution in [-0.4, -0.2) is 24.9 Å². The summed E-state index contributed by atoms with van der Waals surface area (Å²) in [4.78, 5) is 0. The zero-order valence-corrected chi connectivity index (χ0v) is 10.5. The largest absolute Gasteiger partial charge is 0.397 e. The van der Waals surface area contributed by atoms with E-state index in [0.717, 1.165) is 12.0 Å². The molecule has 0 aliphatic carbocycles. The highest BCUT2D eigenvalue weighted by Crippen LogP contribution is 2.16. The fraction of sp³-hybridized carbons (Fsp3) is 0.400. The molecule has 16 heavy (non-hydrogen) atoms. The third-order valence-electron chi connectivity index (χ3n) is 1.92. The van der Waals surface area contributed by atoms with E-state index in [9.17, 15) is 0 Å². The van der Waals surface area contributed by atoms with Crippen LogP contribution in [0.3, 0.4) is 0 Å². The van der Waals surface area contributed by atoms with Gasteiger partial charge in [0, 0.05) is 0 Å². The van der Waals surface area contributed by atoms with Gasteiger partial charge in [-0.3, -0.25) is 0 Å². The zero-order valence-electron chi connectivity index (χ0n) is 8.89. The number of ether oxygens (including phenoxy) is 1. The van der Waals surface area contributed by atoms with Gasteiger partial charge in [-0.2, -0.15) is 0 Å². The average Bonchev–Trinajstić information content (AvgIpc) is 2.18. The third-order valence-corrected chi connectivity index (χ3v) is 1.92. The minimum absolute atomic E-state index is 0. The van der Waals surface area contributed by atoms with Crippen LogP contribution in [0, 0.1) is 0 Å². The van der Waals surface area contributed by atoms with E-state index >= 15 is 0 Å². The van der Waals surface area contributed by atoms with Gasteiger partial charge in [-0.15, -0.1) is 24.8 Å². The minimum atomic E-state index is 0. The first-order valence-electron chi connectivity index (χ1n) is 4.56. The van der Waals surface area contributed by atoms with Gasteiger partial charge in [0.1, 0.15) is 0 Å². The van der Waals surface area contributed by atoms with Crippen LogP contribution >= 0.6 is 24.8 Å². The lowest BCUT2D eigenvalue weighted by molar-refractivity contribution is 0.0944. The Hall–Kier alpha value is -0.680. The number of nitrogen functional groups attached to an aromatic ring is 2. The first-order chi connectivity index (χ1) is 6.74. The highest BCUT2D eigenvalue weighted by molar-refractivity contribution is 5.85. The van der Waals surface area contributed by atoms with Crippen molar-refractivity contribution in [3.63, 3.8) is 0 Å². The molecular formula is C10H18Cl2N2O2. The maximum atomic E-state index is 8.48. The van der Waals surface area contributed by atoms with Crippen molar-refractivity contribution in [3.8, 4) is 0 Å². The van der Waals surface area contributed by atoms with Crippen molar-refractivity contribution in [1.29, 1.82) is 0 Å². The van der Waals surface area contributed by atoms with Crippen LogP contribution in [0.5, 0.6) is 0 Å². The van der Waals surface area contributed by atoms with E-state index in [1.54, 1.807) is 6.07 Å². The highest BCUT2D eigenvalue weighted by Gasteiger charge is 1.97. The number of anilines is 2. The highest BCUT2D eigenvalue weighted by atomic mass is 35.5. The number of aliphatic hydroxyl groups is 1. The minimum Gasteiger partial charge on any atom is -0.397 e. The van der Waals surface area contributed by atoms with Gasteiger partial charge in [0.15, 0.2) is 0 Å². The molecule has 0 atom stereocenters. The topological polar surface area (TPSA) is 81.5 Å². The molecule has 0 saturated carbocycles. The SMILES string of the molecule is Cl.Cl.Nc1ccc(CCOCCO)cc1N. The number of hydrogen-bond acceptors (Lipinski definition) is 4. The molecule has 0 unspecified atom stereocenters. The van der Waals surface area contributed by atoms with E-state index in [4.69, 9.17) is 21.3 Å². The summed E-state index contributed by atoms with van der Waals surface area (Å²) in [5, 5.41) is 8.48. The molecule has 0 bridgehead atoms. The predicted octanol–water partition coefficient (Wildman–Crippen LogP) is 1.25. The molecular weight excluding hydrogens is 251 g/mol. The van der Waals surface area contributed by atoms with Crippen LogP contribution < -0.4 is 11.5 Å². The average molecular weight is 269 g/mol. The van der Waals surface area contributed by atoms with Crippen LogP contribution in [0.15, 0.2) is 18.2 Å². The molecule has 0 aliphatic rings. The van der Waals surface area contributed by atoms with Gasteiger partial charge in [-0.1, -0.05) is 6.07 Å². The zero-order chi connectivity index (χ0) is 10.4. The maximum Gasteiger partial charge on any atom is 0.0697 e. The second kappa shape index (κ2) is 9.54. The summed E-state index contributed by atoms with van der Waals surface area (Å²) in [5.41, 5.74) is 13.5. The van der Waals surface area contributed by atoms with Crippen LogP contribution in [0.4, 0.5) is 11.4 Å². The molecule has 1 rings (SSSR count). The predicted molar refractivity (Wildman–Crippen MR) is 71.4 cm³/mol. The Morgan fingerprint density at radius 2 is 1.75 bits per heavy atom. The van der Waals surface area contributed by atoms with Crippen LogP contribution in [-0.2, 0) is 11.2 Å².